The summed E-state index contributed by atoms with van der Waals surface area (Å²) in [5.41, 5.74) is 6.52. The van der Waals surface area contributed by atoms with E-state index in [9.17, 15) is 0 Å². The molecule has 4 nitrogen and oxygen atoms in total. The van der Waals surface area contributed by atoms with Gasteiger partial charge in [0, 0.05) is 13.6 Å². The minimum Gasteiger partial charge on any atom is -0.473 e. The van der Waals surface area contributed by atoms with Gasteiger partial charge in [-0.15, -0.1) is 0 Å². The highest BCUT2D eigenvalue weighted by atomic mass is 16.5. The fourth-order valence-corrected chi connectivity index (χ4v) is 2.82. The van der Waals surface area contributed by atoms with Crippen LogP contribution in [0.25, 0.3) is 0 Å². The number of anilines is 2. The molecule has 1 aromatic rings. The van der Waals surface area contributed by atoms with Gasteiger partial charge in [-0.1, -0.05) is 19.3 Å². The molecule has 0 aromatic carbocycles. The Bertz CT molecular complexity index is 428. The first kappa shape index (κ1) is 14.9. The molecule has 0 saturated heterocycles. The third-order valence-electron chi connectivity index (χ3n) is 3.87. The van der Waals surface area contributed by atoms with E-state index in [-0.39, 0.29) is 6.10 Å². The Hall–Kier alpha value is -1.45. The normalized spacial score (nSPS) is 16.4. The lowest BCUT2D eigenvalue weighted by molar-refractivity contribution is 0.234. The number of aromatic nitrogens is 1. The largest absolute Gasteiger partial charge is 0.473 e. The average Bonchev–Trinajstić information content (AvgIpc) is 2.42. The Labute approximate surface area is 122 Å². The van der Waals surface area contributed by atoms with Crippen molar-refractivity contribution in [2.24, 2.45) is 5.92 Å². The zero-order valence-electron chi connectivity index (χ0n) is 12.9. The summed E-state index contributed by atoms with van der Waals surface area (Å²) < 4.78 is 5.66. The summed E-state index contributed by atoms with van der Waals surface area (Å²) >= 11 is 0. The maximum Gasteiger partial charge on any atom is 0.239 e. The molecule has 1 aromatic heterocycles. The SMILES string of the molecule is CC(C)Oc1nc(N(C)CC2CCCCC2)ccc1N. The van der Waals surface area contributed by atoms with Crippen molar-refractivity contribution in [2.75, 3.05) is 24.2 Å². The van der Waals surface area contributed by atoms with E-state index in [1.54, 1.807) is 0 Å². The number of hydrogen-bond acceptors (Lipinski definition) is 4. The van der Waals surface area contributed by atoms with Crippen molar-refractivity contribution in [3.05, 3.63) is 12.1 Å². The number of nitrogen functional groups attached to an aromatic ring is 1. The van der Waals surface area contributed by atoms with Crippen molar-refractivity contribution in [3.63, 3.8) is 0 Å². The molecular weight excluding hydrogens is 250 g/mol. The summed E-state index contributed by atoms with van der Waals surface area (Å²) in [5.74, 6) is 2.29. The van der Waals surface area contributed by atoms with Crippen LogP contribution in [-0.4, -0.2) is 24.7 Å². The molecule has 4 heteroatoms. The van der Waals surface area contributed by atoms with Crippen molar-refractivity contribution in [3.8, 4) is 5.88 Å². The molecule has 1 aliphatic rings. The van der Waals surface area contributed by atoms with E-state index in [0.29, 0.717) is 11.6 Å². The molecule has 2 rings (SSSR count). The molecule has 0 unspecified atom stereocenters. The van der Waals surface area contributed by atoms with Gasteiger partial charge in [0.1, 0.15) is 5.82 Å². The second-order valence-electron chi connectivity index (χ2n) is 6.11. The van der Waals surface area contributed by atoms with E-state index in [1.807, 2.05) is 26.0 Å². The van der Waals surface area contributed by atoms with Gasteiger partial charge in [0.05, 0.1) is 11.8 Å². The van der Waals surface area contributed by atoms with Crippen molar-refractivity contribution in [1.82, 2.24) is 4.98 Å². The topological polar surface area (TPSA) is 51.4 Å². The Morgan fingerprint density at radius 2 is 2.00 bits per heavy atom. The summed E-state index contributed by atoms with van der Waals surface area (Å²) in [5, 5.41) is 0. The lowest BCUT2D eigenvalue weighted by atomic mass is 9.89. The Kier molecular flexibility index (Phi) is 5.10. The summed E-state index contributed by atoms with van der Waals surface area (Å²) in [4.78, 5) is 6.78. The van der Waals surface area contributed by atoms with Gasteiger partial charge < -0.3 is 15.4 Å². The molecule has 0 amide bonds. The summed E-state index contributed by atoms with van der Waals surface area (Å²) in [6.45, 7) is 5.04. The molecule has 0 atom stereocenters. The summed E-state index contributed by atoms with van der Waals surface area (Å²) in [6, 6.07) is 3.86. The van der Waals surface area contributed by atoms with Crippen LogP contribution < -0.4 is 15.4 Å². The van der Waals surface area contributed by atoms with Crippen LogP contribution >= 0.6 is 0 Å². The van der Waals surface area contributed by atoms with Crippen molar-refractivity contribution < 1.29 is 4.74 Å². The van der Waals surface area contributed by atoms with Crippen LogP contribution in [0.4, 0.5) is 11.5 Å². The molecule has 2 N–H and O–H groups in total. The van der Waals surface area contributed by atoms with Gasteiger partial charge in [0.25, 0.3) is 0 Å². The fraction of sp³-hybridized carbons (Fsp3) is 0.688. The third kappa shape index (κ3) is 4.02. The van der Waals surface area contributed by atoms with Gasteiger partial charge in [-0.05, 0) is 44.7 Å². The summed E-state index contributed by atoms with van der Waals surface area (Å²) in [6.07, 6.45) is 6.91. The standard InChI is InChI=1S/C16H27N3O/c1-12(2)20-16-14(17)9-10-15(18-16)19(3)11-13-7-5-4-6-8-13/h9-10,12-13H,4-8,11,17H2,1-3H3. The van der Waals surface area contributed by atoms with Crippen LogP contribution in [0, 0.1) is 5.92 Å². The molecule has 0 aliphatic heterocycles. The van der Waals surface area contributed by atoms with E-state index in [2.05, 4.69) is 16.9 Å². The smallest absolute Gasteiger partial charge is 0.239 e. The van der Waals surface area contributed by atoms with E-state index in [1.165, 1.54) is 32.1 Å². The predicted molar refractivity (Wildman–Crippen MR) is 84.3 cm³/mol. The molecule has 1 saturated carbocycles. The molecule has 1 heterocycles. The van der Waals surface area contributed by atoms with Crippen LogP contribution in [0.2, 0.25) is 0 Å². The van der Waals surface area contributed by atoms with Crippen molar-refractivity contribution >= 4 is 11.5 Å². The highest BCUT2D eigenvalue weighted by Gasteiger charge is 2.17. The molecule has 1 fully saturated rings. The molecule has 0 spiro atoms. The Morgan fingerprint density at radius 3 is 2.65 bits per heavy atom. The second kappa shape index (κ2) is 6.82. The van der Waals surface area contributed by atoms with Crippen molar-refractivity contribution in [2.45, 2.75) is 52.1 Å². The van der Waals surface area contributed by atoms with E-state index < -0.39 is 0 Å². The van der Waals surface area contributed by atoms with Gasteiger partial charge in [-0.3, -0.25) is 0 Å². The number of pyridine rings is 1. The van der Waals surface area contributed by atoms with Crippen LogP contribution in [0.1, 0.15) is 46.0 Å². The number of hydrogen-bond donors (Lipinski definition) is 1. The average molecular weight is 277 g/mol. The summed E-state index contributed by atoms with van der Waals surface area (Å²) in [7, 11) is 2.10. The highest BCUT2D eigenvalue weighted by molar-refractivity contribution is 5.54. The third-order valence-corrected chi connectivity index (χ3v) is 3.87. The minimum atomic E-state index is 0.0868. The molecule has 112 valence electrons. The van der Waals surface area contributed by atoms with E-state index >= 15 is 0 Å². The number of rotatable bonds is 5. The lowest BCUT2D eigenvalue weighted by Gasteiger charge is -2.28. The highest BCUT2D eigenvalue weighted by Crippen LogP contribution is 2.27. The minimum absolute atomic E-state index is 0.0868. The zero-order valence-corrected chi connectivity index (χ0v) is 12.9. The van der Waals surface area contributed by atoms with Gasteiger partial charge in [0.2, 0.25) is 5.88 Å². The van der Waals surface area contributed by atoms with Crippen LogP contribution in [0.3, 0.4) is 0 Å². The van der Waals surface area contributed by atoms with Gasteiger partial charge in [-0.25, -0.2) is 0 Å². The van der Waals surface area contributed by atoms with Gasteiger partial charge in [0.15, 0.2) is 0 Å². The number of nitrogens with two attached hydrogens (primary N) is 1. The van der Waals surface area contributed by atoms with E-state index in [0.717, 1.165) is 18.3 Å². The molecule has 0 bridgehead atoms. The van der Waals surface area contributed by atoms with Crippen molar-refractivity contribution in [1.29, 1.82) is 0 Å². The maximum absolute atomic E-state index is 5.92. The first-order chi connectivity index (χ1) is 9.56. The lowest BCUT2D eigenvalue weighted by Crippen LogP contribution is -2.27. The maximum atomic E-state index is 5.92. The Morgan fingerprint density at radius 1 is 1.30 bits per heavy atom. The van der Waals surface area contributed by atoms with E-state index in [4.69, 9.17) is 10.5 Å². The van der Waals surface area contributed by atoms with Crippen LogP contribution in [-0.2, 0) is 0 Å². The first-order valence-electron chi connectivity index (χ1n) is 7.70. The number of ether oxygens (including phenoxy) is 1. The van der Waals surface area contributed by atoms with Crippen LogP contribution in [0.15, 0.2) is 12.1 Å². The molecule has 1 aliphatic carbocycles. The van der Waals surface area contributed by atoms with Gasteiger partial charge in [-0.2, -0.15) is 4.98 Å². The second-order valence-corrected chi connectivity index (χ2v) is 6.11. The number of nitrogens with zero attached hydrogens (tertiary/aromatic N) is 2. The van der Waals surface area contributed by atoms with Crippen LogP contribution in [0.5, 0.6) is 5.88 Å². The monoisotopic (exact) mass is 277 g/mol. The van der Waals surface area contributed by atoms with Gasteiger partial charge >= 0.3 is 0 Å². The molecule has 20 heavy (non-hydrogen) atoms. The quantitative estimate of drug-likeness (QED) is 0.895. The fourth-order valence-electron chi connectivity index (χ4n) is 2.82. The Balaban J connectivity index is 2.03. The predicted octanol–water partition coefficient (Wildman–Crippen LogP) is 3.47. The first-order valence-corrected chi connectivity index (χ1v) is 7.70. The molecular formula is C16H27N3O. The zero-order chi connectivity index (χ0) is 14.5. The molecule has 0 radical (unpaired) electrons.